The van der Waals surface area contributed by atoms with Gasteiger partial charge in [-0.3, -0.25) is 9.59 Å². The number of nitrogens with one attached hydrogen (secondary N) is 2. The van der Waals surface area contributed by atoms with Gasteiger partial charge in [-0.05, 0) is 42.5 Å². The number of carbonyl (C=O) groups excluding carboxylic acids is 1. The Labute approximate surface area is 207 Å². The number of hydrogen-bond donors (Lipinski definition) is 3. The molecule has 0 unspecified atom stereocenters. The highest BCUT2D eigenvalue weighted by molar-refractivity contribution is 6.32. The van der Waals surface area contributed by atoms with Gasteiger partial charge < -0.3 is 29.9 Å². The number of rotatable bonds is 7. The Kier molecular flexibility index (Phi) is 7.42. The van der Waals surface area contributed by atoms with Crippen LogP contribution in [0.25, 0.3) is 10.9 Å². The third-order valence-electron chi connectivity index (χ3n) is 6.11. The van der Waals surface area contributed by atoms with Crippen LogP contribution in [-0.4, -0.2) is 58.9 Å². The molecule has 0 radical (unpaired) electrons. The number of anilines is 3. The fourth-order valence-corrected chi connectivity index (χ4v) is 4.50. The molecular formula is C24H29ClN6O4. The fraction of sp³-hybridized carbons (Fsp3) is 0.417. The van der Waals surface area contributed by atoms with Crippen LogP contribution in [0.15, 0.2) is 35.3 Å². The molecule has 11 heteroatoms. The number of fused-ring (bicyclic) bond motifs is 1. The summed E-state index contributed by atoms with van der Waals surface area (Å²) in [7, 11) is 3.15. The predicted molar refractivity (Wildman–Crippen MR) is 136 cm³/mol. The van der Waals surface area contributed by atoms with Gasteiger partial charge in [0.05, 0.1) is 11.7 Å². The summed E-state index contributed by atoms with van der Waals surface area (Å²) in [5, 5.41) is 16.4. The SMILES string of the molecule is CNC(=O)COc1cc2cc(Nc3nc(N4C[C@H](C)C[C@H](CO)C4)ncc3Cl)ccc2n(C)c1=O. The van der Waals surface area contributed by atoms with E-state index in [1.54, 1.807) is 19.3 Å². The maximum atomic E-state index is 12.6. The molecule has 1 aromatic carbocycles. The van der Waals surface area contributed by atoms with Gasteiger partial charge >= 0.3 is 0 Å². The molecule has 2 atom stereocenters. The van der Waals surface area contributed by atoms with Gasteiger partial charge in [0, 0.05) is 44.9 Å². The lowest BCUT2D eigenvalue weighted by molar-refractivity contribution is -0.122. The molecule has 3 aromatic rings. The summed E-state index contributed by atoms with van der Waals surface area (Å²) in [4.78, 5) is 35.3. The maximum Gasteiger partial charge on any atom is 0.293 e. The summed E-state index contributed by atoms with van der Waals surface area (Å²) in [6.07, 6.45) is 2.54. The van der Waals surface area contributed by atoms with Gasteiger partial charge in [-0.25, -0.2) is 4.98 Å². The van der Waals surface area contributed by atoms with E-state index in [2.05, 4.69) is 32.4 Å². The summed E-state index contributed by atoms with van der Waals surface area (Å²) in [6, 6.07) is 7.11. The van der Waals surface area contributed by atoms with Gasteiger partial charge in [0.15, 0.2) is 18.2 Å². The largest absolute Gasteiger partial charge is 0.478 e. The van der Waals surface area contributed by atoms with E-state index in [1.165, 1.54) is 11.6 Å². The molecule has 1 aliphatic heterocycles. The summed E-state index contributed by atoms with van der Waals surface area (Å²) in [6.45, 7) is 3.53. The topological polar surface area (TPSA) is 122 Å². The number of ether oxygens (including phenoxy) is 1. The van der Waals surface area contributed by atoms with Crippen molar-refractivity contribution in [3.8, 4) is 5.75 Å². The van der Waals surface area contributed by atoms with Crippen LogP contribution in [0.3, 0.4) is 0 Å². The van der Waals surface area contributed by atoms with Crippen molar-refractivity contribution in [1.82, 2.24) is 19.9 Å². The number of carbonyl (C=O) groups is 1. The van der Waals surface area contributed by atoms with E-state index in [1.807, 2.05) is 18.2 Å². The third-order valence-corrected chi connectivity index (χ3v) is 6.39. The molecular weight excluding hydrogens is 472 g/mol. The summed E-state index contributed by atoms with van der Waals surface area (Å²) < 4.78 is 6.91. The Hall–Kier alpha value is -3.37. The highest BCUT2D eigenvalue weighted by Crippen LogP contribution is 2.30. The second-order valence-corrected chi connectivity index (χ2v) is 9.30. The molecule has 1 fully saturated rings. The van der Waals surface area contributed by atoms with Crippen LogP contribution >= 0.6 is 11.6 Å². The number of benzene rings is 1. The predicted octanol–water partition coefficient (Wildman–Crippen LogP) is 2.30. The molecule has 35 heavy (non-hydrogen) atoms. The van der Waals surface area contributed by atoms with Crippen molar-refractivity contribution in [2.24, 2.45) is 18.9 Å². The molecule has 0 aliphatic carbocycles. The van der Waals surface area contributed by atoms with Crippen molar-refractivity contribution < 1.29 is 14.6 Å². The zero-order valence-corrected chi connectivity index (χ0v) is 20.7. The lowest BCUT2D eigenvalue weighted by Crippen LogP contribution is -2.41. The number of aromatic nitrogens is 3. The van der Waals surface area contributed by atoms with Crippen LogP contribution in [0, 0.1) is 11.8 Å². The van der Waals surface area contributed by atoms with E-state index in [-0.39, 0.29) is 36.3 Å². The lowest BCUT2D eigenvalue weighted by atomic mass is 9.91. The second-order valence-electron chi connectivity index (χ2n) is 8.89. The van der Waals surface area contributed by atoms with Crippen LogP contribution in [0.1, 0.15) is 13.3 Å². The number of halogens is 1. The van der Waals surface area contributed by atoms with E-state index in [0.717, 1.165) is 18.4 Å². The van der Waals surface area contributed by atoms with Crippen molar-refractivity contribution in [3.63, 3.8) is 0 Å². The third kappa shape index (κ3) is 5.49. The monoisotopic (exact) mass is 500 g/mol. The number of hydrogen-bond acceptors (Lipinski definition) is 8. The minimum absolute atomic E-state index is 0.0840. The minimum Gasteiger partial charge on any atom is -0.478 e. The first-order valence-electron chi connectivity index (χ1n) is 11.4. The zero-order chi connectivity index (χ0) is 25.1. The minimum atomic E-state index is -0.331. The fourth-order valence-electron chi connectivity index (χ4n) is 4.36. The molecule has 0 spiro atoms. The van der Waals surface area contributed by atoms with Crippen molar-refractivity contribution in [2.45, 2.75) is 13.3 Å². The molecule has 10 nitrogen and oxygen atoms in total. The Morgan fingerprint density at radius 3 is 2.86 bits per heavy atom. The molecule has 1 aliphatic rings. The zero-order valence-electron chi connectivity index (χ0n) is 19.9. The van der Waals surface area contributed by atoms with Gasteiger partial charge in [-0.1, -0.05) is 18.5 Å². The first-order chi connectivity index (χ1) is 16.8. The van der Waals surface area contributed by atoms with E-state index < -0.39 is 0 Å². The first kappa shape index (κ1) is 24.7. The maximum absolute atomic E-state index is 12.6. The van der Waals surface area contributed by atoms with Gasteiger partial charge in [-0.15, -0.1) is 0 Å². The Morgan fingerprint density at radius 1 is 1.31 bits per heavy atom. The smallest absolute Gasteiger partial charge is 0.293 e. The second kappa shape index (κ2) is 10.5. The highest BCUT2D eigenvalue weighted by atomic mass is 35.5. The standard InChI is InChI=1S/C24H29ClN6O4/c1-14-6-15(12-32)11-31(10-14)24-27-9-18(25)22(29-24)28-17-4-5-19-16(7-17)8-20(23(34)30(19)3)35-13-21(33)26-2/h4-5,7-9,14-15,32H,6,10-13H2,1-3H3,(H,26,33)(H,27,28,29)/t14-,15+/m1/s1. The van der Waals surface area contributed by atoms with Gasteiger partial charge in [0.2, 0.25) is 5.95 Å². The Balaban J connectivity index is 1.61. The molecule has 186 valence electrons. The average Bonchev–Trinajstić information content (AvgIpc) is 2.85. The molecule has 0 saturated carbocycles. The molecule has 2 aromatic heterocycles. The molecule has 4 rings (SSSR count). The van der Waals surface area contributed by atoms with Crippen LogP contribution in [0.5, 0.6) is 5.75 Å². The van der Waals surface area contributed by atoms with Gasteiger partial charge in [0.1, 0.15) is 5.02 Å². The number of aliphatic hydroxyl groups is 1. The van der Waals surface area contributed by atoms with Gasteiger partial charge in [-0.2, -0.15) is 4.98 Å². The van der Waals surface area contributed by atoms with Crippen LogP contribution < -0.4 is 25.8 Å². The van der Waals surface area contributed by atoms with Crippen LogP contribution in [0.2, 0.25) is 5.02 Å². The summed E-state index contributed by atoms with van der Waals surface area (Å²) >= 11 is 6.39. The van der Waals surface area contributed by atoms with Crippen LogP contribution in [0.4, 0.5) is 17.5 Å². The van der Waals surface area contributed by atoms with Crippen molar-refractivity contribution >= 4 is 45.9 Å². The van der Waals surface area contributed by atoms with E-state index >= 15 is 0 Å². The normalized spacial score (nSPS) is 17.9. The van der Waals surface area contributed by atoms with Gasteiger partial charge in [0.25, 0.3) is 11.5 Å². The quantitative estimate of drug-likeness (QED) is 0.452. The number of nitrogens with zero attached hydrogens (tertiary/aromatic N) is 4. The first-order valence-corrected chi connectivity index (χ1v) is 11.8. The summed E-state index contributed by atoms with van der Waals surface area (Å²) in [5.41, 5.74) is 1.09. The van der Waals surface area contributed by atoms with Crippen molar-refractivity contribution in [3.05, 3.63) is 45.8 Å². The van der Waals surface area contributed by atoms with Crippen molar-refractivity contribution in [1.29, 1.82) is 0 Å². The highest BCUT2D eigenvalue weighted by Gasteiger charge is 2.26. The van der Waals surface area contributed by atoms with E-state index in [0.29, 0.717) is 40.5 Å². The number of aryl methyl sites for hydroxylation is 1. The molecule has 3 N–H and O–H groups in total. The van der Waals surface area contributed by atoms with E-state index in [9.17, 15) is 14.7 Å². The molecule has 1 saturated heterocycles. The average molecular weight is 501 g/mol. The molecule has 0 bridgehead atoms. The number of likely N-dealkylation sites (N-methyl/N-ethyl adjacent to an activating group) is 1. The summed E-state index contributed by atoms with van der Waals surface area (Å²) in [5.74, 6) is 1.36. The molecule has 1 amide bonds. The Morgan fingerprint density at radius 2 is 2.11 bits per heavy atom. The number of pyridine rings is 1. The molecule has 3 heterocycles. The lowest BCUT2D eigenvalue weighted by Gasteiger charge is -2.35. The van der Waals surface area contributed by atoms with Crippen LogP contribution in [-0.2, 0) is 11.8 Å². The Bertz CT molecular complexity index is 1300. The number of aliphatic hydroxyl groups excluding tert-OH is 1. The van der Waals surface area contributed by atoms with E-state index in [4.69, 9.17) is 16.3 Å². The number of amides is 1. The van der Waals surface area contributed by atoms with Crippen molar-refractivity contribution in [2.75, 3.05) is 43.6 Å². The number of piperidine rings is 1.